The van der Waals surface area contributed by atoms with E-state index < -0.39 is 5.97 Å². The molecule has 0 rings (SSSR count). The van der Waals surface area contributed by atoms with Gasteiger partial charge in [-0.05, 0) is 33.5 Å². The molecule has 0 aliphatic heterocycles. The summed E-state index contributed by atoms with van der Waals surface area (Å²) >= 11 is 0. The van der Waals surface area contributed by atoms with Crippen molar-refractivity contribution in [3.8, 4) is 0 Å². The predicted octanol–water partition coefficient (Wildman–Crippen LogP) is 0.491. The van der Waals surface area contributed by atoms with Crippen LogP contribution in [0.4, 0.5) is 4.79 Å². The van der Waals surface area contributed by atoms with E-state index in [-0.39, 0.29) is 18.5 Å². The number of carboxylic acids is 1. The van der Waals surface area contributed by atoms with E-state index in [0.29, 0.717) is 13.0 Å². The fraction of sp³-hybridized carbons (Fsp3) is 0.818. The molecule has 0 aliphatic carbocycles. The minimum absolute atomic E-state index is 0.0401. The van der Waals surface area contributed by atoms with Gasteiger partial charge in [0, 0.05) is 12.6 Å². The van der Waals surface area contributed by atoms with Crippen LogP contribution in [0, 0.1) is 0 Å². The lowest BCUT2D eigenvalue weighted by molar-refractivity contribution is -0.137. The van der Waals surface area contributed by atoms with Crippen LogP contribution in [0.2, 0.25) is 0 Å². The molecule has 0 aromatic heterocycles. The lowest BCUT2D eigenvalue weighted by Crippen LogP contribution is -2.43. The van der Waals surface area contributed by atoms with Gasteiger partial charge in [0.05, 0.1) is 6.42 Å². The van der Waals surface area contributed by atoms with Crippen molar-refractivity contribution in [2.75, 3.05) is 27.2 Å². The van der Waals surface area contributed by atoms with E-state index in [1.165, 1.54) is 0 Å². The Labute approximate surface area is 102 Å². The summed E-state index contributed by atoms with van der Waals surface area (Å²) < 4.78 is 0. The first-order valence-electron chi connectivity index (χ1n) is 5.86. The van der Waals surface area contributed by atoms with Crippen LogP contribution in [0.25, 0.3) is 0 Å². The fourth-order valence-corrected chi connectivity index (χ4v) is 1.34. The monoisotopic (exact) mass is 245 g/mol. The topological polar surface area (TPSA) is 81.7 Å². The summed E-state index contributed by atoms with van der Waals surface area (Å²) in [6, 6.07) is -0.599. The molecular weight excluding hydrogens is 222 g/mol. The molecule has 17 heavy (non-hydrogen) atoms. The molecule has 3 N–H and O–H groups in total. The number of hydrogen-bond acceptors (Lipinski definition) is 3. The predicted molar refractivity (Wildman–Crippen MR) is 66.0 cm³/mol. The summed E-state index contributed by atoms with van der Waals surface area (Å²) in [5.74, 6) is -0.898. The van der Waals surface area contributed by atoms with Crippen LogP contribution < -0.4 is 10.6 Å². The Kier molecular flexibility index (Phi) is 8.13. The zero-order valence-electron chi connectivity index (χ0n) is 10.8. The third kappa shape index (κ3) is 9.62. The molecule has 0 heterocycles. The molecule has 0 spiro atoms. The van der Waals surface area contributed by atoms with E-state index in [2.05, 4.69) is 10.6 Å². The molecule has 0 radical (unpaired) electrons. The smallest absolute Gasteiger partial charge is 0.315 e. The maximum Gasteiger partial charge on any atom is 0.315 e. The molecular formula is C11H23N3O3. The first-order chi connectivity index (χ1) is 7.95. The third-order valence-corrected chi connectivity index (χ3v) is 2.32. The molecule has 0 saturated heterocycles. The van der Waals surface area contributed by atoms with Gasteiger partial charge in [-0.1, -0.05) is 6.92 Å². The van der Waals surface area contributed by atoms with Crippen molar-refractivity contribution in [1.82, 2.24) is 15.5 Å². The van der Waals surface area contributed by atoms with E-state index in [4.69, 9.17) is 5.11 Å². The summed E-state index contributed by atoms with van der Waals surface area (Å²) in [6.07, 6.45) is 1.44. The maximum absolute atomic E-state index is 11.4. The maximum atomic E-state index is 11.4. The molecule has 6 nitrogen and oxygen atoms in total. The van der Waals surface area contributed by atoms with E-state index in [1.807, 2.05) is 25.9 Å². The second-order valence-electron chi connectivity index (χ2n) is 4.26. The van der Waals surface area contributed by atoms with Gasteiger partial charge in [-0.2, -0.15) is 0 Å². The number of hydrogen-bond donors (Lipinski definition) is 3. The average molecular weight is 245 g/mol. The Morgan fingerprint density at radius 3 is 2.47 bits per heavy atom. The Hall–Kier alpha value is -1.30. The van der Waals surface area contributed by atoms with Crippen molar-refractivity contribution < 1.29 is 14.7 Å². The normalized spacial score (nSPS) is 12.2. The fourth-order valence-electron chi connectivity index (χ4n) is 1.34. The van der Waals surface area contributed by atoms with Crippen LogP contribution in [0.5, 0.6) is 0 Å². The van der Waals surface area contributed by atoms with Crippen molar-refractivity contribution in [1.29, 1.82) is 0 Å². The quantitative estimate of drug-likeness (QED) is 0.544. The highest BCUT2D eigenvalue weighted by Crippen LogP contribution is 1.97. The molecule has 2 amide bonds. The number of carboxylic acid groups (broad SMARTS) is 1. The highest BCUT2D eigenvalue weighted by Gasteiger charge is 2.13. The number of carbonyl (C=O) groups excluding carboxylic acids is 1. The van der Waals surface area contributed by atoms with Gasteiger partial charge in [-0.25, -0.2) is 4.79 Å². The molecule has 0 saturated carbocycles. The van der Waals surface area contributed by atoms with E-state index in [9.17, 15) is 9.59 Å². The Balaban J connectivity index is 3.72. The van der Waals surface area contributed by atoms with Crippen LogP contribution in [-0.2, 0) is 4.79 Å². The molecule has 100 valence electrons. The largest absolute Gasteiger partial charge is 0.481 e. The van der Waals surface area contributed by atoms with Crippen molar-refractivity contribution in [2.45, 2.75) is 32.2 Å². The standard InChI is InChI=1S/C11H23N3O3/c1-4-9(8-10(15)16)13-11(17)12-6-5-7-14(2)3/h9H,4-8H2,1-3H3,(H,15,16)(H2,12,13,17). The van der Waals surface area contributed by atoms with Crippen molar-refractivity contribution in [3.05, 3.63) is 0 Å². The first-order valence-corrected chi connectivity index (χ1v) is 5.86. The Morgan fingerprint density at radius 2 is 2.00 bits per heavy atom. The summed E-state index contributed by atoms with van der Waals surface area (Å²) in [5, 5.41) is 14.0. The minimum atomic E-state index is -0.898. The lowest BCUT2D eigenvalue weighted by Gasteiger charge is -2.16. The zero-order valence-corrected chi connectivity index (χ0v) is 10.8. The van der Waals surface area contributed by atoms with Crippen molar-refractivity contribution in [3.63, 3.8) is 0 Å². The van der Waals surface area contributed by atoms with Crippen LogP contribution in [0.15, 0.2) is 0 Å². The van der Waals surface area contributed by atoms with Gasteiger partial charge in [0.2, 0.25) is 0 Å². The highest BCUT2D eigenvalue weighted by molar-refractivity contribution is 5.75. The number of rotatable bonds is 8. The summed E-state index contributed by atoms with van der Waals surface area (Å²) in [5.41, 5.74) is 0. The van der Waals surface area contributed by atoms with Gasteiger partial charge < -0.3 is 20.6 Å². The van der Waals surface area contributed by atoms with Gasteiger partial charge in [-0.3, -0.25) is 4.79 Å². The van der Waals surface area contributed by atoms with Crippen molar-refractivity contribution in [2.24, 2.45) is 0 Å². The van der Waals surface area contributed by atoms with Gasteiger partial charge in [-0.15, -0.1) is 0 Å². The number of amides is 2. The summed E-state index contributed by atoms with van der Waals surface area (Å²) in [4.78, 5) is 24.0. The molecule has 0 aromatic rings. The second kappa shape index (κ2) is 8.81. The average Bonchev–Trinajstić information content (AvgIpc) is 2.22. The van der Waals surface area contributed by atoms with Gasteiger partial charge in [0.15, 0.2) is 0 Å². The van der Waals surface area contributed by atoms with E-state index in [1.54, 1.807) is 0 Å². The second-order valence-corrected chi connectivity index (χ2v) is 4.26. The summed E-state index contributed by atoms with van der Waals surface area (Å²) in [6.45, 7) is 3.35. The highest BCUT2D eigenvalue weighted by atomic mass is 16.4. The number of nitrogens with zero attached hydrogens (tertiary/aromatic N) is 1. The molecule has 1 atom stereocenters. The van der Waals surface area contributed by atoms with Gasteiger partial charge >= 0.3 is 12.0 Å². The number of nitrogens with one attached hydrogen (secondary N) is 2. The number of carbonyl (C=O) groups is 2. The Bertz CT molecular complexity index is 244. The Morgan fingerprint density at radius 1 is 1.35 bits per heavy atom. The number of urea groups is 1. The zero-order chi connectivity index (χ0) is 13.3. The molecule has 0 fully saturated rings. The lowest BCUT2D eigenvalue weighted by atomic mass is 10.1. The molecule has 0 aromatic carbocycles. The molecule has 1 unspecified atom stereocenters. The van der Waals surface area contributed by atoms with Crippen molar-refractivity contribution >= 4 is 12.0 Å². The van der Waals surface area contributed by atoms with Gasteiger partial charge in [0.25, 0.3) is 0 Å². The van der Waals surface area contributed by atoms with Crippen LogP contribution in [0.1, 0.15) is 26.2 Å². The SMILES string of the molecule is CCC(CC(=O)O)NC(=O)NCCCN(C)C. The van der Waals surface area contributed by atoms with Crippen LogP contribution in [0.3, 0.4) is 0 Å². The third-order valence-electron chi connectivity index (χ3n) is 2.32. The minimum Gasteiger partial charge on any atom is -0.481 e. The van der Waals surface area contributed by atoms with Crippen LogP contribution >= 0.6 is 0 Å². The summed E-state index contributed by atoms with van der Waals surface area (Å²) in [7, 11) is 3.94. The van der Waals surface area contributed by atoms with E-state index in [0.717, 1.165) is 13.0 Å². The number of aliphatic carboxylic acids is 1. The van der Waals surface area contributed by atoms with E-state index >= 15 is 0 Å². The molecule has 6 heteroatoms. The van der Waals surface area contributed by atoms with Crippen LogP contribution in [-0.4, -0.2) is 55.2 Å². The molecule has 0 aliphatic rings. The first kappa shape index (κ1) is 15.7. The van der Waals surface area contributed by atoms with Gasteiger partial charge in [0.1, 0.15) is 0 Å². The molecule has 0 bridgehead atoms.